The van der Waals surface area contributed by atoms with Crippen LogP contribution in [0, 0.1) is 0 Å². The minimum atomic E-state index is -1.69. The number of aliphatic carboxylic acids is 1. The molecule has 0 spiro atoms. The van der Waals surface area contributed by atoms with Crippen molar-refractivity contribution in [2.75, 3.05) is 0 Å². The summed E-state index contributed by atoms with van der Waals surface area (Å²) in [5, 5.41) is 8.59. The smallest absolute Gasteiger partial charge is 0.310 e. The molecule has 0 saturated heterocycles. The fraction of sp³-hybridized carbons (Fsp3) is 0.846. The van der Waals surface area contributed by atoms with Crippen molar-refractivity contribution < 1.29 is 19.1 Å². The van der Waals surface area contributed by atoms with Gasteiger partial charge in [0.15, 0.2) is 8.32 Å². The zero-order chi connectivity index (χ0) is 14.2. The highest BCUT2D eigenvalue weighted by atomic mass is 28.4. The number of ketones is 1. The Morgan fingerprint density at radius 3 is 2.28 bits per heavy atom. The summed E-state index contributed by atoms with van der Waals surface area (Å²) in [5.74, 6) is -1.29. The van der Waals surface area contributed by atoms with Crippen molar-refractivity contribution in [1.82, 2.24) is 0 Å². The molecule has 0 radical (unpaired) electrons. The summed E-state index contributed by atoms with van der Waals surface area (Å²) in [6.07, 6.45) is 3.88. The molecule has 0 aromatic rings. The first-order valence-electron chi connectivity index (χ1n) is 6.66. The van der Waals surface area contributed by atoms with Gasteiger partial charge < -0.3 is 9.53 Å². The maximum atomic E-state index is 11.5. The Bertz CT molecular complexity index is 271. The van der Waals surface area contributed by atoms with E-state index >= 15 is 0 Å². The molecule has 0 amide bonds. The maximum Gasteiger partial charge on any atom is 0.310 e. The van der Waals surface area contributed by atoms with Gasteiger partial charge in [-0.05, 0) is 26.1 Å². The Morgan fingerprint density at radius 2 is 1.83 bits per heavy atom. The van der Waals surface area contributed by atoms with Crippen molar-refractivity contribution in [1.29, 1.82) is 0 Å². The van der Waals surface area contributed by atoms with E-state index in [0.29, 0.717) is 0 Å². The molecular weight excluding hydrogens is 248 g/mol. The van der Waals surface area contributed by atoms with E-state index in [-0.39, 0.29) is 24.7 Å². The Hall–Kier alpha value is -0.683. The molecule has 1 atom stereocenters. The highest BCUT2D eigenvalue weighted by Crippen LogP contribution is 2.17. The van der Waals surface area contributed by atoms with Gasteiger partial charge in [-0.25, -0.2) is 0 Å². The van der Waals surface area contributed by atoms with Crippen molar-refractivity contribution in [3.63, 3.8) is 0 Å². The van der Waals surface area contributed by atoms with E-state index in [1.165, 1.54) is 0 Å². The van der Waals surface area contributed by atoms with E-state index in [9.17, 15) is 9.59 Å². The largest absolute Gasteiger partial charge is 0.481 e. The molecule has 18 heavy (non-hydrogen) atoms. The van der Waals surface area contributed by atoms with E-state index in [0.717, 1.165) is 25.7 Å². The van der Waals surface area contributed by atoms with Gasteiger partial charge in [0.25, 0.3) is 0 Å². The molecule has 0 heterocycles. The predicted molar refractivity (Wildman–Crippen MR) is 74.2 cm³/mol. The van der Waals surface area contributed by atoms with E-state index in [2.05, 4.69) is 26.6 Å². The van der Waals surface area contributed by atoms with Crippen LogP contribution in [0.3, 0.4) is 0 Å². The van der Waals surface area contributed by atoms with Crippen LogP contribution in [0.2, 0.25) is 19.6 Å². The van der Waals surface area contributed by atoms with Crippen LogP contribution in [0.1, 0.15) is 45.4 Å². The number of rotatable bonds is 10. The second-order valence-electron chi connectivity index (χ2n) is 5.66. The standard InChI is InChI=1S/C13H26O4Si/c1-5-6-7-8-12(17-18(2,3)4)9-11(14)10-13(15)16/h12H,5-10H2,1-4H3,(H,15,16). The lowest BCUT2D eigenvalue weighted by molar-refractivity contribution is -0.140. The molecule has 0 aliphatic heterocycles. The highest BCUT2D eigenvalue weighted by molar-refractivity contribution is 6.69. The van der Waals surface area contributed by atoms with Gasteiger partial charge in [-0.1, -0.05) is 26.2 Å². The van der Waals surface area contributed by atoms with Crippen molar-refractivity contribution in [3.05, 3.63) is 0 Å². The Morgan fingerprint density at radius 1 is 1.22 bits per heavy atom. The molecule has 0 rings (SSSR count). The Labute approximate surface area is 111 Å². The number of hydrogen-bond acceptors (Lipinski definition) is 3. The van der Waals surface area contributed by atoms with E-state index in [1.54, 1.807) is 0 Å². The average Bonchev–Trinajstić information content (AvgIpc) is 2.13. The van der Waals surface area contributed by atoms with Crippen LogP contribution in [0.4, 0.5) is 0 Å². The zero-order valence-electron chi connectivity index (χ0n) is 12.0. The number of carbonyl (C=O) groups is 2. The van der Waals surface area contributed by atoms with Gasteiger partial charge in [0.1, 0.15) is 12.2 Å². The number of carboxylic acid groups (broad SMARTS) is 1. The first-order chi connectivity index (χ1) is 8.24. The average molecular weight is 274 g/mol. The van der Waals surface area contributed by atoms with Gasteiger partial charge in [-0.3, -0.25) is 9.59 Å². The summed E-state index contributed by atoms with van der Waals surface area (Å²) in [6, 6.07) is 0. The summed E-state index contributed by atoms with van der Waals surface area (Å²) < 4.78 is 5.96. The summed E-state index contributed by atoms with van der Waals surface area (Å²) >= 11 is 0. The normalized spacial score (nSPS) is 13.3. The molecule has 0 aliphatic carbocycles. The molecule has 1 unspecified atom stereocenters. The third kappa shape index (κ3) is 10.5. The van der Waals surface area contributed by atoms with Gasteiger partial charge in [-0.2, -0.15) is 0 Å². The summed E-state index contributed by atoms with van der Waals surface area (Å²) in [5.41, 5.74) is 0. The van der Waals surface area contributed by atoms with Crippen LogP contribution in [0.5, 0.6) is 0 Å². The van der Waals surface area contributed by atoms with E-state index < -0.39 is 14.3 Å². The molecule has 106 valence electrons. The quantitative estimate of drug-likeness (QED) is 0.377. The second-order valence-corrected chi connectivity index (χ2v) is 10.1. The van der Waals surface area contributed by atoms with Gasteiger partial charge in [0.2, 0.25) is 0 Å². The molecule has 0 bridgehead atoms. The minimum absolute atomic E-state index is 0.102. The summed E-state index contributed by atoms with van der Waals surface area (Å²) in [7, 11) is -1.69. The predicted octanol–water partition coefficient (Wildman–Crippen LogP) is 3.22. The third-order valence-corrected chi connectivity index (χ3v) is 3.49. The molecule has 1 N–H and O–H groups in total. The highest BCUT2D eigenvalue weighted by Gasteiger charge is 2.23. The molecular formula is C13H26O4Si. The number of Topliss-reactive ketones (excluding diaryl/α,β-unsaturated/α-hetero) is 1. The van der Waals surface area contributed by atoms with Crippen LogP contribution in [-0.2, 0) is 14.0 Å². The molecule has 0 saturated carbocycles. The van der Waals surface area contributed by atoms with Crippen LogP contribution < -0.4 is 0 Å². The van der Waals surface area contributed by atoms with Crippen LogP contribution in [-0.4, -0.2) is 31.3 Å². The third-order valence-electron chi connectivity index (χ3n) is 2.45. The second kappa shape index (κ2) is 8.42. The molecule has 5 heteroatoms. The van der Waals surface area contributed by atoms with Gasteiger partial charge >= 0.3 is 5.97 Å². The molecule has 4 nitrogen and oxygen atoms in total. The Balaban J connectivity index is 4.27. The first-order valence-corrected chi connectivity index (χ1v) is 10.1. The fourth-order valence-electron chi connectivity index (χ4n) is 1.82. The van der Waals surface area contributed by atoms with Crippen molar-refractivity contribution >= 4 is 20.1 Å². The van der Waals surface area contributed by atoms with Crippen molar-refractivity contribution in [3.8, 4) is 0 Å². The van der Waals surface area contributed by atoms with Crippen LogP contribution in [0.15, 0.2) is 0 Å². The molecule has 0 aromatic carbocycles. The van der Waals surface area contributed by atoms with Crippen LogP contribution >= 0.6 is 0 Å². The monoisotopic (exact) mass is 274 g/mol. The Kier molecular flexibility index (Phi) is 8.10. The lowest BCUT2D eigenvalue weighted by Gasteiger charge is -2.26. The zero-order valence-corrected chi connectivity index (χ0v) is 13.0. The molecule has 0 aliphatic rings. The first kappa shape index (κ1) is 17.3. The maximum absolute atomic E-state index is 11.5. The van der Waals surface area contributed by atoms with Crippen LogP contribution in [0.25, 0.3) is 0 Å². The minimum Gasteiger partial charge on any atom is -0.481 e. The fourth-order valence-corrected chi connectivity index (χ4v) is 3.02. The van der Waals surface area contributed by atoms with Gasteiger partial charge in [0, 0.05) is 6.42 Å². The number of unbranched alkanes of at least 4 members (excludes halogenated alkanes) is 2. The van der Waals surface area contributed by atoms with E-state index in [1.807, 2.05) is 0 Å². The van der Waals surface area contributed by atoms with Gasteiger partial charge in [-0.15, -0.1) is 0 Å². The topological polar surface area (TPSA) is 63.6 Å². The molecule has 0 aromatic heterocycles. The van der Waals surface area contributed by atoms with Crippen molar-refractivity contribution in [2.24, 2.45) is 0 Å². The SMILES string of the molecule is CCCCCC(CC(=O)CC(=O)O)O[Si](C)(C)C. The van der Waals surface area contributed by atoms with Gasteiger partial charge in [0.05, 0.1) is 6.10 Å². The van der Waals surface area contributed by atoms with Crippen molar-refractivity contribution in [2.45, 2.75) is 71.2 Å². The number of hydrogen-bond donors (Lipinski definition) is 1. The lowest BCUT2D eigenvalue weighted by atomic mass is 10.0. The number of carboxylic acids is 1. The number of carbonyl (C=O) groups excluding carboxylic acids is 1. The lowest BCUT2D eigenvalue weighted by Crippen LogP contribution is -2.33. The summed E-state index contributed by atoms with van der Waals surface area (Å²) in [6.45, 7) is 8.38. The van der Waals surface area contributed by atoms with E-state index in [4.69, 9.17) is 9.53 Å². The molecule has 0 fully saturated rings. The summed E-state index contributed by atoms with van der Waals surface area (Å²) in [4.78, 5) is 22.0.